The highest BCUT2D eigenvalue weighted by Gasteiger charge is 2.13. The Bertz CT molecular complexity index is 636. The molecule has 1 heterocycles. The van der Waals surface area contributed by atoms with Gasteiger partial charge in [-0.15, -0.1) is 0 Å². The second kappa shape index (κ2) is 6.12. The molecule has 0 aliphatic heterocycles. The number of pyridine rings is 1. The number of rotatable bonds is 3. The topological polar surface area (TPSA) is 36.1 Å². The number of hydrogen-bond donors (Lipinski definition) is 1. The third kappa shape index (κ3) is 3.52. The van der Waals surface area contributed by atoms with E-state index in [4.69, 9.17) is 12.2 Å². The summed E-state index contributed by atoms with van der Waals surface area (Å²) in [5.74, 6) is -0.0789. The van der Waals surface area contributed by atoms with E-state index >= 15 is 0 Å². The molecule has 0 saturated carbocycles. The van der Waals surface area contributed by atoms with Crippen LogP contribution in [-0.4, -0.2) is 22.8 Å². The molecule has 1 aromatic heterocycles. The summed E-state index contributed by atoms with van der Waals surface area (Å²) in [6.07, 6.45) is 1.72. The van der Waals surface area contributed by atoms with Gasteiger partial charge in [0.15, 0.2) is 0 Å². The summed E-state index contributed by atoms with van der Waals surface area (Å²) in [6.45, 7) is 0.551. The maximum Gasteiger partial charge on any atom is 0.256 e. The summed E-state index contributed by atoms with van der Waals surface area (Å²) in [5, 5.41) is 0. The third-order valence-corrected chi connectivity index (χ3v) is 3.59. The van der Waals surface area contributed by atoms with E-state index in [0.717, 1.165) is 10.0 Å². The van der Waals surface area contributed by atoms with Gasteiger partial charge in [0.1, 0.15) is 4.64 Å². The molecule has 5 heteroatoms. The first-order valence-corrected chi connectivity index (χ1v) is 6.95. The number of nitrogens with one attached hydrogen (secondary N) is 1. The molecule has 98 valence electrons. The lowest BCUT2D eigenvalue weighted by molar-refractivity contribution is 0.0784. The maximum atomic E-state index is 12.3. The summed E-state index contributed by atoms with van der Waals surface area (Å²) in [7, 11) is 1.77. The van der Waals surface area contributed by atoms with Gasteiger partial charge in [0.05, 0.1) is 5.56 Å². The fourth-order valence-corrected chi connectivity index (χ4v) is 2.22. The van der Waals surface area contributed by atoms with Crippen LogP contribution in [0.2, 0.25) is 0 Å². The number of nitrogens with zero attached hydrogens (tertiary/aromatic N) is 1. The molecule has 3 nitrogen and oxygen atoms in total. The predicted molar refractivity (Wildman–Crippen MR) is 81.6 cm³/mol. The quantitative estimate of drug-likeness (QED) is 0.866. The number of carbonyl (C=O) groups is 1. The Kier molecular flexibility index (Phi) is 4.50. The van der Waals surface area contributed by atoms with Gasteiger partial charge in [-0.1, -0.05) is 40.3 Å². The molecule has 1 N–H and O–H groups in total. The van der Waals surface area contributed by atoms with E-state index in [2.05, 4.69) is 20.9 Å². The van der Waals surface area contributed by atoms with E-state index < -0.39 is 0 Å². The van der Waals surface area contributed by atoms with Crippen LogP contribution >= 0.6 is 28.1 Å². The molecule has 0 radical (unpaired) electrons. The van der Waals surface area contributed by atoms with E-state index in [9.17, 15) is 4.79 Å². The van der Waals surface area contributed by atoms with Gasteiger partial charge in [0.25, 0.3) is 5.91 Å². The number of carbonyl (C=O) groups excluding carboxylic acids is 1. The van der Waals surface area contributed by atoms with Gasteiger partial charge in [-0.25, -0.2) is 0 Å². The van der Waals surface area contributed by atoms with Crippen LogP contribution in [0.3, 0.4) is 0 Å². The first-order valence-electron chi connectivity index (χ1n) is 5.75. The number of H-pyrrole nitrogens is 1. The Balaban J connectivity index is 2.14. The van der Waals surface area contributed by atoms with Crippen molar-refractivity contribution in [1.82, 2.24) is 9.88 Å². The highest BCUT2D eigenvalue weighted by atomic mass is 79.9. The molecule has 1 aromatic carbocycles. The second-order valence-electron chi connectivity index (χ2n) is 4.20. The van der Waals surface area contributed by atoms with Gasteiger partial charge in [0.2, 0.25) is 0 Å². The molecule has 0 aliphatic carbocycles. The van der Waals surface area contributed by atoms with Crippen LogP contribution < -0.4 is 0 Å². The largest absolute Gasteiger partial charge is 0.352 e. The Hall–Kier alpha value is -1.46. The monoisotopic (exact) mass is 336 g/mol. The van der Waals surface area contributed by atoms with E-state index in [0.29, 0.717) is 16.7 Å². The van der Waals surface area contributed by atoms with Gasteiger partial charge in [0, 0.05) is 24.3 Å². The van der Waals surface area contributed by atoms with E-state index in [1.165, 1.54) is 0 Å². The fraction of sp³-hybridized carbons (Fsp3) is 0.143. The fourth-order valence-electron chi connectivity index (χ4n) is 1.73. The van der Waals surface area contributed by atoms with Crippen molar-refractivity contribution >= 4 is 34.1 Å². The minimum atomic E-state index is -0.0789. The molecule has 0 unspecified atom stereocenters. The zero-order valence-corrected chi connectivity index (χ0v) is 12.8. The van der Waals surface area contributed by atoms with Crippen molar-refractivity contribution < 1.29 is 4.79 Å². The van der Waals surface area contributed by atoms with Crippen LogP contribution in [0.15, 0.2) is 47.1 Å². The molecule has 19 heavy (non-hydrogen) atoms. The van der Waals surface area contributed by atoms with E-state index in [-0.39, 0.29) is 5.91 Å². The lowest BCUT2D eigenvalue weighted by atomic mass is 10.2. The first-order chi connectivity index (χ1) is 9.08. The minimum absolute atomic E-state index is 0.0789. The van der Waals surface area contributed by atoms with Crippen molar-refractivity contribution in [2.75, 3.05) is 7.05 Å². The molecule has 0 aliphatic rings. The molecular formula is C14H13BrN2OS. The van der Waals surface area contributed by atoms with Gasteiger partial charge in [-0.2, -0.15) is 0 Å². The molecule has 0 bridgehead atoms. The second-order valence-corrected chi connectivity index (χ2v) is 5.52. The summed E-state index contributed by atoms with van der Waals surface area (Å²) in [4.78, 5) is 16.8. The third-order valence-electron chi connectivity index (χ3n) is 2.73. The van der Waals surface area contributed by atoms with Gasteiger partial charge < -0.3 is 9.88 Å². The molecule has 2 aromatic rings. The molecular weight excluding hydrogens is 324 g/mol. The Morgan fingerprint density at radius 1 is 1.32 bits per heavy atom. The Morgan fingerprint density at radius 2 is 2.00 bits per heavy atom. The minimum Gasteiger partial charge on any atom is -0.352 e. The zero-order valence-electron chi connectivity index (χ0n) is 10.4. The van der Waals surface area contributed by atoms with Crippen LogP contribution in [0.25, 0.3) is 0 Å². The lowest BCUT2D eigenvalue weighted by Crippen LogP contribution is -2.26. The Labute approximate surface area is 125 Å². The molecule has 0 spiro atoms. The summed E-state index contributed by atoms with van der Waals surface area (Å²) >= 11 is 8.51. The average molecular weight is 337 g/mol. The average Bonchev–Trinajstić information content (AvgIpc) is 2.41. The van der Waals surface area contributed by atoms with Crippen molar-refractivity contribution in [3.8, 4) is 0 Å². The SMILES string of the molecule is CN(Cc1ccc(Br)cc1)C(=O)c1ccc[nH]c1=S. The van der Waals surface area contributed by atoms with Crippen molar-refractivity contribution in [2.24, 2.45) is 0 Å². The Morgan fingerprint density at radius 3 is 2.63 bits per heavy atom. The van der Waals surface area contributed by atoms with E-state index in [1.807, 2.05) is 24.3 Å². The number of aromatic nitrogens is 1. The van der Waals surface area contributed by atoms with Crippen LogP contribution in [0.4, 0.5) is 0 Å². The maximum absolute atomic E-state index is 12.3. The lowest BCUT2D eigenvalue weighted by Gasteiger charge is -2.17. The van der Waals surface area contributed by atoms with Crippen molar-refractivity contribution in [3.63, 3.8) is 0 Å². The number of halogens is 1. The molecule has 0 saturated heterocycles. The van der Waals surface area contributed by atoms with Crippen LogP contribution in [0, 0.1) is 4.64 Å². The molecule has 0 atom stereocenters. The summed E-state index contributed by atoms with van der Waals surface area (Å²) in [6, 6.07) is 11.4. The number of amides is 1. The summed E-state index contributed by atoms with van der Waals surface area (Å²) < 4.78 is 1.49. The molecule has 1 amide bonds. The molecule has 2 rings (SSSR count). The smallest absolute Gasteiger partial charge is 0.256 e. The number of aromatic amines is 1. The highest BCUT2D eigenvalue weighted by molar-refractivity contribution is 9.10. The normalized spacial score (nSPS) is 10.2. The van der Waals surface area contributed by atoms with Crippen LogP contribution in [0.1, 0.15) is 15.9 Å². The standard InChI is InChI=1S/C14H13BrN2OS/c1-17(9-10-4-6-11(15)7-5-10)14(18)12-3-2-8-16-13(12)19/h2-8H,9H2,1H3,(H,16,19). The number of hydrogen-bond acceptors (Lipinski definition) is 2. The predicted octanol–water partition coefficient (Wildman–Crippen LogP) is 3.78. The van der Waals surface area contributed by atoms with Crippen molar-refractivity contribution in [1.29, 1.82) is 0 Å². The van der Waals surface area contributed by atoms with Gasteiger partial charge >= 0.3 is 0 Å². The summed E-state index contributed by atoms with van der Waals surface area (Å²) in [5.41, 5.74) is 1.60. The first kappa shape index (κ1) is 14.0. The van der Waals surface area contributed by atoms with Gasteiger partial charge in [-0.05, 0) is 29.8 Å². The van der Waals surface area contributed by atoms with Gasteiger partial charge in [-0.3, -0.25) is 4.79 Å². The highest BCUT2D eigenvalue weighted by Crippen LogP contribution is 2.13. The zero-order chi connectivity index (χ0) is 13.8. The van der Waals surface area contributed by atoms with Crippen LogP contribution in [0.5, 0.6) is 0 Å². The van der Waals surface area contributed by atoms with Crippen molar-refractivity contribution in [2.45, 2.75) is 6.54 Å². The number of benzene rings is 1. The molecule has 0 fully saturated rings. The van der Waals surface area contributed by atoms with E-state index in [1.54, 1.807) is 30.3 Å². The van der Waals surface area contributed by atoms with Crippen molar-refractivity contribution in [3.05, 3.63) is 62.8 Å². The van der Waals surface area contributed by atoms with Crippen LogP contribution in [-0.2, 0) is 6.54 Å².